The minimum atomic E-state index is -0.889. The van der Waals surface area contributed by atoms with Gasteiger partial charge in [0.05, 0.1) is 5.56 Å². The van der Waals surface area contributed by atoms with Crippen molar-refractivity contribution in [3.63, 3.8) is 0 Å². The van der Waals surface area contributed by atoms with Gasteiger partial charge < -0.3 is 14.8 Å². The smallest absolute Gasteiger partial charge is 0.335 e. The maximum Gasteiger partial charge on any atom is 0.335 e. The molecule has 0 aromatic heterocycles. The molecular weight excluding hydrogens is 296 g/mol. The third-order valence-electron chi connectivity index (χ3n) is 3.32. The van der Waals surface area contributed by atoms with Crippen molar-refractivity contribution < 1.29 is 14.7 Å². The minimum absolute atomic E-state index is 0.00986. The van der Waals surface area contributed by atoms with Crippen LogP contribution >= 0.6 is 0 Å². The van der Waals surface area contributed by atoms with Crippen LogP contribution in [0.25, 0.3) is 0 Å². The van der Waals surface area contributed by atoms with Crippen molar-refractivity contribution in [1.82, 2.24) is 0 Å². The number of hydrogen-bond donors (Lipinski definition) is 1. The van der Waals surface area contributed by atoms with Gasteiger partial charge in [-0.25, -0.2) is 4.79 Å². The number of nitrogens with zero attached hydrogens (tertiary/aromatic N) is 2. The molecule has 0 aliphatic carbocycles. The summed E-state index contributed by atoms with van der Waals surface area (Å²) in [5, 5.41) is 11.0. The quantitative estimate of drug-likeness (QED) is 0.411. The van der Waals surface area contributed by atoms with E-state index in [-0.39, 0.29) is 6.10 Å². The molecule has 0 aliphatic rings. The molecule has 0 heterocycles. The van der Waals surface area contributed by atoms with E-state index < -0.39 is 5.97 Å². The number of hydrogen-bond acceptors (Lipinski definition) is 5. The first-order valence-corrected chi connectivity index (χ1v) is 7.91. The highest BCUT2D eigenvalue weighted by atomic mass is 16.7. The van der Waals surface area contributed by atoms with Crippen molar-refractivity contribution >= 4 is 11.7 Å². The van der Waals surface area contributed by atoms with Crippen molar-refractivity contribution in [2.75, 3.05) is 19.0 Å². The average Bonchev–Trinajstić information content (AvgIpc) is 2.52. The van der Waals surface area contributed by atoms with Crippen LogP contribution in [0.4, 0.5) is 5.69 Å². The van der Waals surface area contributed by atoms with E-state index in [1.54, 1.807) is 24.3 Å². The second-order valence-corrected chi connectivity index (χ2v) is 5.59. The van der Waals surface area contributed by atoms with Crippen LogP contribution in [0.5, 0.6) is 0 Å². The molecule has 6 heteroatoms. The van der Waals surface area contributed by atoms with Gasteiger partial charge in [0.25, 0.3) is 0 Å². The lowest BCUT2D eigenvalue weighted by Gasteiger charge is -2.11. The van der Waals surface area contributed by atoms with E-state index in [9.17, 15) is 9.70 Å². The Morgan fingerprint density at radius 2 is 1.83 bits per heavy atom. The second-order valence-electron chi connectivity index (χ2n) is 5.59. The molecule has 0 saturated carbocycles. The molecule has 0 fully saturated rings. The fourth-order valence-electron chi connectivity index (χ4n) is 1.89. The van der Waals surface area contributed by atoms with E-state index in [1.807, 2.05) is 25.9 Å². The Morgan fingerprint density at radius 3 is 2.26 bits per heavy atom. The lowest BCUT2D eigenvalue weighted by Crippen LogP contribution is -2.08. The Balaban J connectivity index is 0.000000423. The molecule has 1 aromatic carbocycles. The summed E-state index contributed by atoms with van der Waals surface area (Å²) in [5.41, 5.74) is 1.32. The first-order valence-electron chi connectivity index (χ1n) is 7.91. The summed E-state index contributed by atoms with van der Waals surface area (Å²) in [7, 11) is 3.82. The molecule has 6 nitrogen and oxygen atoms in total. The van der Waals surface area contributed by atoms with Crippen LogP contribution in [-0.4, -0.2) is 31.3 Å². The van der Waals surface area contributed by atoms with Crippen LogP contribution in [0.15, 0.2) is 29.6 Å². The van der Waals surface area contributed by atoms with Crippen molar-refractivity contribution in [2.45, 2.75) is 52.1 Å². The molecule has 0 spiro atoms. The van der Waals surface area contributed by atoms with Crippen LogP contribution in [0.2, 0.25) is 0 Å². The number of carboxylic acid groups (broad SMARTS) is 1. The number of benzene rings is 1. The van der Waals surface area contributed by atoms with Crippen LogP contribution in [0.3, 0.4) is 0 Å². The van der Waals surface area contributed by atoms with Crippen molar-refractivity contribution in [1.29, 1.82) is 0 Å². The summed E-state index contributed by atoms with van der Waals surface area (Å²) in [6.07, 6.45) is 5.78. The maximum atomic E-state index is 10.5. The summed E-state index contributed by atoms with van der Waals surface area (Å²) in [4.78, 5) is 26.5. The Morgan fingerprint density at radius 1 is 1.22 bits per heavy atom. The SMILES string of the molecule is CCCCCCC(C)ON=O.CN(C)c1ccc(C(=O)O)cc1. The highest BCUT2D eigenvalue weighted by Gasteiger charge is 2.02. The Kier molecular flexibility index (Phi) is 11.3. The number of unbranched alkanes of at least 4 members (excludes halogenated alkanes) is 3. The predicted molar refractivity (Wildman–Crippen MR) is 92.8 cm³/mol. The summed E-state index contributed by atoms with van der Waals surface area (Å²) < 4.78 is 0. The lowest BCUT2D eigenvalue weighted by atomic mass is 10.1. The zero-order valence-corrected chi connectivity index (χ0v) is 14.5. The minimum Gasteiger partial charge on any atom is -0.478 e. The van der Waals surface area contributed by atoms with Crippen LogP contribution in [-0.2, 0) is 4.84 Å². The van der Waals surface area contributed by atoms with Gasteiger partial charge >= 0.3 is 5.97 Å². The number of carboxylic acids is 1. The van der Waals surface area contributed by atoms with Crippen LogP contribution < -0.4 is 4.90 Å². The summed E-state index contributed by atoms with van der Waals surface area (Å²) in [6, 6.07) is 6.75. The molecule has 1 rings (SSSR count). The Labute approximate surface area is 138 Å². The van der Waals surface area contributed by atoms with Gasteiger partial charge in [-0.3, -0.25) is 0 Å². The molecule has 0 saturated heterocycles. The lowest BCUT2D eigenvalue weighted by molar-refractivity contribution is 0.0607. The molecule has 0 radical (unpaired) electrons. The zero-order chi connectivity index (χ0) is 17.7. The molecular formula is C17H28N2O4. The van der Waals surface area contributed by atoms with Gasteiger partial charge in [-0.1, -0.05) is 26.2 Å². The van der Waals surface area contributed by atoms with Gasteiger partial charge in [-0.2, -0.15) is 0 Å². The first-order chi connectivity index (χ1) is 10.9. The fraction of sp³-hybridized carbons (Fsp3) is 0.588. The molecule has 130 valence electrons. The average molecular weight is 324 g/mol. The van der Waals surface area contributed by atoms with E-state index in [2.05, 4.69) is 17.1 Å². The molecule has 0 aliphatic heterocycles. The van der Waals surface area contributed by atoms with E-state index in [0.717, 1.165) is 18.5 Å². The topological polar surface area (TPSA) is 79.2 Å². The number of rotatable bonds is 9. The largest absolute Gasteiger partial charge is 0.478 e. The van der Waals surface area contributed by atoms with Gasteiger partial charge in [0.2, 0.25) is 0 Å². The third kappa shape index (κ3) is 10.3. The van der Waals surface area contributed by atoms with Gasteiger partial charge in [0, 0.05) is 19.8 Å². The van der Waals surface area contributed by atoms with Gasteiger partial charge in [0.1, 0.15) is 6.10 Å². The zero-order valence-electron chi connectivity index (χ0n) is 14.5. The Hall–Kier alpha value is -2.11. The maximum absolute atomic E-state index is 10.5. The molecule has 1 unspecified atom stereocenters. The van der Waals surface area contributed by atoms with Crippen molar-refractivity contribution in [3.05, 3.63) is 34.7 Å². The second kappa shape index (κ2) is 12.4. The van der Waals surface area contributed by atoms with E-state index in [4.69, 9.17) is 5.11 Å². The molecule has 1 N–H and O–H groups in total. The van der Waals surface area contributed by atoms with E-state index >= 15 is 0 Å². The normalized spacial score (nSPS) is 11.0. The summed E-state index contributed by atoms with van der Waals surface area (Å²) in [5.74, 6) is -0.889. The molecule has 0 bridgehead atoms. The number of anilines is 1. The van der Waals surface area contributed by atoms with Gasteiger partial charge in [-0.05, 0) is 44.0 Å². The monoisotopic (exact) mass is 324 g/mol. The number of carbonyl (C=O) groups is 1. The number of aromatic carboxylic acids is 1. The Bertz CT molecular complexity index is 446. The van der Waals surface area contributed by atoms with Crippen molar-refractivity contribution in [2.24, 2.45) is 5.34 Å². The molecule has 23 heavy (non-hydrogen) atoms. The van der Waals surface area contributed by atoms with Gasteiger partial charge in [-0.15, -0.1) is 4.91 Å². The molecule has 0 amide bonds. The molecule has 1 aromatic rings. The first kappa shape index (κ1) is 20.9. The van der Waals surface area contributed by atoms with E-state index in [1.165, 1.54) is 19.3 Å². The predicted octanol–water partition coefficient (Wildman–Crippen LogP) is 4.49. The summed E-state index contributed by atoms with van der Waals surface area (Å²) >= 11 is 0. The molecule has 1 atom stereocenters. The van der Waals surface area contributed by atoms with E-state index in [0.29, 0.717) is 5.56 Å². The van der Waals surface area contributed by atoms with Crippen LogP contribution in [0, 0.1) is 4.91 Å². The summed E-state index contributed by atoms with van der Waals surface area (Å²) in [6.45, 7) is 4.04. The third-order valence-corrected chi connectivity index (χ3v) is 3.32. The highest BCUT2D eigenvalue weighted by molar-refractivity contribution is 5.88. The van der Waals surface area contributed by atoms with Gasteiger partial charge in [0.15, 0.2) is 5.34 Å². The van der Waals surface area contributed by atoms with Crippen molar-refractivity contribution in [3.8, 4) is 0 Å². The fourth-order valence-corrected chi connectivity index (χ4v) is 1.89. The standard InChI is InChI=1S/C9H11NO2.C8H17NO2/c1-10(2)8-5-3-7(4-6-8)9(11)12;1-3-4-5-6-7-8(2)11-9-10/h3-6H,1-2H3,(H,11,12);8H,3-7H2,1-2H3. The van der Waals surface area contributed by atoms with Crippen LogP contribution in [0.1, 0.15) is 56.3 Å². The highest BCUT2D eigenvalue weighted by Crippen LogP contribution is 2.11.